The molecule has 4 heteroatoms. The Balaban J connectivity index is 2.54. The van der Waals surface area contributed by atoms with Crippen molar-refractivity contribution in [2.75, 3.05) is 0 Å². The number of hydrogen-bond donors (Lipinski definition) is 2. The minimum atomic E-state index is -2.86. The Kier molecular flexibility index (Phi) is 1.44. The van der Waals surface area contributed by atoms with E-state index < -0.39 is 31.0 Å². The molecule has 0 aliphatic heterocycles. The number of halogens is 2. The molecule has 1 saturated carbocycles. The van der Waals surface area contributed by atoms with Crippen LogP contribution in [0.25, 0.3) is 0 Å². The predicted octanol–water partition coefficient (Wildman–Crippen LogP) is 0.137. The summed E-state index contributed by atoms with van der Waals surface area (Å²) in [6, 6.07) is 0. The third-order valence-corrected chi connectivity index (χ3v) is 1.46. The topological polar surface area (TPSA) is 40.5 Å². The molecule has 0 saturated heterocycles. The van der Waals surface area contributed by atoms with Crippen LogP contribution in [0, 0.1) is 0 Å². The molecule has 54 valence electrons. The van der Waals surface area contributed by atoms with Crippen molar-refractivity contribution in [3.8, 4) is 0 Å². The average molecular weight is 138 g/mol. The fourth-order valence-corrected chi connectivity index (χ4v) is 0.967. The zero-order valence-corrected chi connectivity index (χ0v) is 4.72. The molecule has 1 aliphatic rings. The summed E-state index contributed by atoms with van der Waals surface area (Å²) in [6.45, 7) is 0. The van der Waals surface area contributed by atoms with E-state index >= 15 is 0 Å². The summed E-state index contributed by atoms with van der Waals surface area (Å²) in [5, 5.41) is 17.2. The molecule has 0 bridgehead atoms. The van der Waals surface area contributed by atoms with Gasteiger partial charge in [-0.2, -0.15) is 0 Å². The van der Waals surface area contributed by atoms with Crippen molar-refractivity contribution in [1.82, 2.24) is 0 Å². The lowest BCUT2D eigenvalue weighted by Gasteiger charge is -2.03. The maximum absolute atomic E-state index is 12.1. The van der Waals surface area contributed by atoms with E-state index in [1.165, 1.54) is 0 Å². The van der Waals surface area contributed by atoms with E-state index in [2.05, 4.69) is 0 Å². The van der Waals surface area contributed by atoms with E-state index in [1.807, 2.05) is 0 Å². The molecular weight excluding hydrogens is 130 g/mol. The summed E-state index contributed by atoms with van der Waals surface area (Å²) < 4.78 is 24.3. The first-order valence-corrected chi connectivity index (χ1v) is 2.75. The number of aliphatic hydroxyl groups excluding tert-OH is 2. The van der Waals surface area contributed by atoms with Gasteiger partial charge in [0.1, 0.15) is 0 Å². The summed E-state index contributed by atoms with van der Waals surface area (Å²) in [6.07, 6.45) is -3.68. The van der Waals surface area contributed by atoms with Crippen LogP contribution < -0.4 is 0 Å². The third kappa shape index (κ3) is 1.37. The summed E-state index contributed by atoms with van der Waals surface area (Å²) in [4.78, 5) is 0. The SMILES string of the molecule is OC1CC(F)(F)C[C@H]1O. The minimum Gasteiger partial charge on any atom is -0.390 e. The molecule has 0 aromatic heterocycles. The Morgan fingerprint density at radius 2 is 1.44 bits per heavy atom. The molecule has 2 N–H and O–H groups in total. The van der Waals surface area contributed by atoms with Gasteiger partial charge in [-0.1, -0.05) is 0 Å². The fraction of sp³-hybridized carbons (Fsp3) is 1.00. The molecule has 0 radical (unpaired) electrons. The zero-order chi connectivity index (χ0) is 7.07. The van der Waals surface area contributed by atoms with Crippen LogP contribution in [0.15, 0.2) is 0 Å². The molecule has 1 unspecified atom stereocenters. The Morgan fingerprint density at radius 3 is 1.56 bits per heavy atom. The molecule has 9 heavy (non-hydrogen) atoms. The lowest BCUT2D eigenvalue weighted by atomic mass is 10.3. The zero-order valence-electron chi connectivity index (χ0n) is 4.72. The molecule has 0 heterocycles. The fourth-order valence-electron chi connectivity index (χ4n) is 0.967. The second-order valence-corrected chi connectivity index (χ2v) is 2.40. The van der Waals surface area contributed by atoms with Crippen LogP contribution in [0.3, 0.4) is 0 Å². The smallest absolute Gasteiger partial charge is 0.253 e. The van der Waals surface area contributed by atoms with Gasteiger partial charge in [0.15, 0.2) is 0 Å². The van der Waals surface area contributed by atoms with Crippen LogP contribution in [0.2, 0.25) is 0 Å². The van der Waals surface area contributed by atoms with Crippen molar-refractivity contribution < 1.29 is 19.0 Å². The van der Waals surface area contributed by atoms with Gasteiger partial charge in [0.05, 0.1) is 12.2 Å². The standard InChI is InChI=1S/C5H8F2O2/c6-5(7)1-3(8)4(9)2-5/h3-4,8-9H,1-2H2/t3-,4?/m1/s1. The van der Waals surface area contributed by atoms with E-state index in [4.69, 9.17) is 10.2 Å². The van der Waals surface area contributed by atoms with Crippen molar-refractivity contribution in [3.05, 3.63) is 0 Å². The van der Waals surface area contributed by atoms with Gasteiger partial charge in [0.25, 0.3) is 5.92 Å². The second-order valence-electron chi connectivity index (χ2n) is 2.40. The first-order chi connectivity index (χ1) is 4.01. The van der Waals surface area contributed by atoms with Crippen molar-refractivity contribution in [2.45, 2.75) is 31.0 Å². The highest BCUT2D eigenvalue weighted by molar-refractivity contribution is 4.87. The molecule has 0 spiro atoms. The summed E-state index contributed by atoms with van der Waals surface area (Å²) >= 11 is 0. The monoisotopic (exact) mass is 138 g/mol. The Labute approximate surface area is 51.1 Å². The van der Waals surface area contributed by atoms with Crippen molar-refractivity contribution in [2.24, 2.45) is 0 Å². The molecular formula is C5H8F2O2. The van der Waals surface area contributed by atoms with Crippen LogP contribution in [0.5, 0.6) is 0 Å². The number of alkyl halides is 2. The van der Waals surface area contributed by atoms with E-state index in [-0.39, 0.29) is 0 Å². The van der Waals surface area contributed by atoms with Gasteiger partial charge < -0.3 is 10.2 Å². The van der Waals surface area contributed by atoms with Crippen molar-refractivity contribution in [1.29, 1.82) is 0 Å². The Hall–Kier alpha value is -0.220. The van der Waals surface area contributed by atoms with Gasteiger partial charge in [-0.15, -0.1) is 0 Å². The van der Waals surface area contributed by atoms with Gasteiger partial charge in [0.2, 0.25) is 0 Å². The molecule has 1 fully saturated rings. The quantitative estimate of drug-likeness (QED) is 0.499. The molecule has 1 aliphatic carbocycles. The highest BCUT2D eigenvalue weighted by atomic mass is 19.3. The van der Waals surface area contributed by atoms with Crippen LogP contribution in [0.1, 0.15) is 12.8 Å². The van der Waals surface area contributed by atoms with Crippen LogP contribution in [-0.2, 0) is 0 Å². The molecule has 2 nitrogen and oxygen atoms in total. The predicted molar refractivity (Wildman–Crippen MR) is 26.2 cm³/mol. The lowest BCUT2D eigenvalue weighted by molar-refractivity contribution is -0.00550. The molecule has 2 atom stereocenters. The van der Waals surface area contributed by atoms with E-state index in [9.17, 15) is 8.78 Å². The highest BCUT2D eigenvalue weighted by Gasteiger charge is 2.44. The average Bonchev–Trinajstić information content (AvgIpc) is 1.79. The lowest BCUT2D eigenvalue weighted by Crippen LogP contribution is -2.17. The van der Waals surface area contributed by atoms with Crippen LogP contribution in [0.4, 0.5) is 8.78 Å². The van der Waals surface area contributed by atoms with E-state index in [0.29, 0.717) is 0 Å². The number of rotatable bonds is 0. The van der Waals surface area contributed by atoms with Crippen LogP contribution >= 0.6 is 0 Å². The number of aliphatic hydroxyl groups is 2. The molecule has 0 aromatic carbocycles. The van der Waals surface area contributed by atoms with Crippen molar-refractivity contribution in [3.63, 3.8) is 0 Å². The van der Waals surface area contributed by atoms with Gasteiger partial charge in [-0.3, -0.25) is 0 Å². The first-order valence-electron chi connectivity index (χ1n) is 2.75. The highest BCUT2D eigenvalue weighted by Crippen LogP contribution is 2.34. The first kappa shape index (κ1) is 6.89. The van der Waals surface area contributed by atoms with Gasteiger partial charge >= 0.3 is 0 Å². The molecule has 0 amide bonds. The van der Waals surface area contributed by atoms with Gasteiger partial charge in [0, 0.05) is 12.8 Å². The van der Waals surface area contributed by atoms with Gasteiger partial charge in [-0.25, -0.2) is 8.78 Å². The van der Waals surface area contributed by atoms with Gasteiger partial charge in [-0.05, 0) is 0 Å². The summed E-state index contributed by atoms with van der Waals surface area (Å²) in [7, 11) is 0. The molecule has 0 aromatic rings. The summed E-state index contributed by atoms with van der Waals surface area (Å²) in [5.41, 5.74) is 0. The maximum atomic E-state index is 12.1. The second kappa shape index (κ2) is 1.88. The minimum absolute atomic E-state index is 0.603. The normalized spacial score (nSPS) is 41.3. The van der Waals surface area contributed by atoms with Crippen LogP contribution in [-0.4, -0.2) is 28.3 Å². The van der Waals surface area contributed by atoms with E-state index in [1.54, 1.807) is 0 Å². The maximum Gasteiger partial charge on any atom is 0.253 e. The number of hydrogen-bond acceptors (Lipinski definition) is 2. The van der Waals surface area contributed by atoms with Crippen molar-refractivity contribution >= 4 is 0 Å². The largest absolute Gasteiger partial charge is 0.390 e. The Morgan fingerprint density at radius 1 is 1.11 bits per heavy atom. The Bertz CT molecular complexity index is 104. The third-order valence-electron chi connectivity index (χ3n) is 1.46. The molecule has 1 rings (SSSR count). The summed E-state index contributed by atoms with van der Waals surface area (Å²) in [5.74, 6) is -2.86. The van der Waals surface area contributed by atoms with E-state index in [0.717, 1.165) is 0 Å².